The molecule has 2 aromatic rings. The molecule has 1 fully saturated rings. The summed E-state index contributed by atoms with van der Waals surface area (Å²) in [5.41, 5.74) is 2.11. The highest BCUT2D eigenvalue weighted by atomic mass is 35.5. The van der Waals surface area contributed by atoms with Crippen molar-refractivity contribution < 1.29 is 4.79 Å². The fourth-order valence-corrected chi connectivity index (χ4v) is 4.05. The summed E-state index contributed by atoms with van der Waals surface area (Å²) in [6.45, 7) is 2.82. The van der Waals surface area contributed by atoms with Gasteiger partial charge >= 0.3 is 0 Å². The summed E-state index contributed by atoms with van der Waals surface area (Å²) in [7, 11) is 0. The lowest BCUT2D eigenvalue weighted by Gasteiger charge is -2.12. The summed E-state index contributed by atoms with van der Waals surface area (Å²) in [6.07, 6.45) is 5.16. The Labute approximate surface area is 145 Å². The first-order valence-corrected chi connectivity index (χ1v) is 8.85. The van der Waals surface area contributed by atoms with E-state index in [4.69, 9.17) is 28.2 Å². The third kappa shape index (κ3) is 2.43. The van der Waals surface area contributed by atoms with Gasteiger partial charge in [0.25, 0.3) is 0 Å². The minimum atomic E-state index is -0.951. The van der Waals surface area contributed by atoms with Crippen LogP contribution in [0.15, 0.2) is 18.2 Å². The molecule has 4 nitrogen and oxygen atoms in total. The molecular formula is C17H19Cl2N3O. The van der Waals surface area contributed by atoms with Crippen molar-refractivity contribution in [1.29, 1.82) is 0 Å². The van der Waals surface area contributed by atoms with Crippen LogP contribution in [0.1, 0.15) is 38.4 Å². The van der Waals surface area contributed by atoms with Crippen molar-refractivity contribution in [3.8, 4) is 0 Å². The first kappa shape index (κ1) is 15.3. The van der Waals surface area contributed by atoms with E-state index in [1.807, 2.05) is 18.2 Å². The Morgan fingerprint density at radius 2 is 2.09 bits per heavy atom. The molecule has 0 bridgehead atoms. The molecule has 1 aliphatic heterocycles. The quantitative estimate of drug-likeness (QED) is 0.820. The lowest BCUT2D eigenvalue weighted by Crippen LogP contribution is -2.25. The monoisotopic (exact) mass is 351 g/mol. The smallest absolute Gasteiger partial charge is 0.233 e. The maximum atomic E-state index is 12.4. The minimum absolute atomic E-state index is 0.136. The third-order valence-corrected chi connectivity index (χ3v) is 6.23. The zero-order valence-corrected chi connectivity index (χ0v) is 14.5. The molecule has 1 aromatic carbocycles. The number of alkyl halides is 2. The second kappa shape index (κ2) is 5.12. The molecule has 1 atom stereocenters. The van der Waals surface area contributed by atoms with E-state index in [1.165, 1.54) is 19.3 Å². The first-order valence-electron chi connectivity index (χ1n) is 8.09. The number of carbonyl (C=O) groups excluding carboxylic acids is 1. The second-order valence-corrected chi connectivity index (χ2v) is 8.35. The lowest BCUT2D eigenvalue weighted by molar-refractivity contribution is -0.120. The van der Waals surface area contributed by atoms with Gasteiger partial charge in [-0.05, 0) is 44.4 Å². The highest BCUT2D eigenvalue weighted by Crippen LogP contribution is 2.64. The van der Waals surface area contributed by atoms with Gasteiger partial charge in [0.1, 0.15) is 10.2 Å². The van der Waals surface area contributed by atoms with E-state index in [9.17, 15) is 4.79 Å². The molecule has 0 unspecified atom stereocenters. The Bertz CT molecular complexity index is 798. The van der Waals surface area contributed by atoms with Crippen molar-refractivity contribution in [3.63, 3.8) is 0 Å². The van der Waals surface area contributed by atoms with Crippen molar-refractivity contribution in [2.24, 2.45) is 5.41 Å². The SMILES string of the molecule is C[C@@]1(C(=O)Nc2ccc3c(c2)nc2n3CCCCC2)CC1(Cl)Cl. The highest BCUT2D eigenvalue weighted by molar-refractivity contribution is 6.53. The molecule has 1 aromatic heterocycles. The van der Waals surface area contributed by atoms with Crippen molar-refractivity contribution in [3.05, 3.63) is 24.0 Å². The molecule has 0 spiro atoms. The van der Waals surface area contributed by atoms with Crippen LogP contribution in [0.25, 0.3) is 11.0 Å². The van der Waals surface area contributed by atoms with Crippen LogP contribution in [0.2, 0.25) is 0 Å². The van der Waals surface area contributed by atoms with Gasteiger partial charge in [0.2, 0.25) is 5.91 Å². The molecular weight excluding hydrogens is 333 g/mol. The fraction of sp³-hybridized carbons (Fsp3) is 0.529. The normalized spacial score (nSPS) is 25.7. The van der Waals surface area contributed by atoms with Crippen molar-refractivity contribution in [1.82, 2.24) is 9.55 Å². The van der Waals surface area contributed by atoms with Crippen LogP contribution in [0.3, 0.4) is 0 Å². The molecule has 23 heavy (non-hydrogen) atoms. The number of benzene rings is 1. The van der Waals surface area contributed by atoms with Crippen LogP contribution in [-0.2, 0) is 17.8 Å². The molecule has 2 heterocycles. The number of halogens is 2. The van der Waals surface area contributed by atoms with E-state index in [-0.39, 0.29) is 5.91 Å². The number of hydrogen-bond donors (Lipinski definition) is 1. The molecule has 122 valence electrons. The van der Waals surface area contributed by atoms with Crippen LogP contribution in [0.4, 0.5) is 5.69 Å². The highest BCUT2D eigenvalue weighted by Gasteiger charge is 2.67. The van der Waals surface area contributed by atoms with Gasteiger partial charge in [0.05, 0.1) is 16.4 Å². The fourth-order valence-electron chi connectivity index (χ4n) is 3.34. The topological polar surface area (TPSA) is 46.9 Å². The lowest BCUT2D eigenvalue weighted by atomic mass is 10.1. The molecule has 4 rings (SSSR count). The zero-order chi connectivity index (χ0) is 16.2. The summed E-state index contributed by atoms with van der Waals surface area (Å²) in [5, 5.41) is 2.93. The van der Waals surface area contributed by atoms with Crippen LogP contribution in [0, 0.1) is 5.41 Å². The van der Waals surface area contributed by atoms with E-state index >= 15 is 0 Å². The first-order chi connectivity index (χ1) is 10.9. The largest absolute Gasteiger partial charge is 0.328 e. The predicted molar refractivity (Wildman–Crippen MR) is 93.1 cm³/mol. The van der Waals surface area contributed by atoms with E-state index in [0.29, 0.717) is 6.42 Å². The molecule has 1 amide bonds. The number of nitrogens with zero attached hydrogens (tertiary/aromatic N) is 2. The Kier molecular flexibility index (Phi) is 3.40. The van der Waals surface area contributed by atoms with Crippen LogP contribution in [0.5, 0.6) is 0 Å². The van der Waals surface area contributed by atoms with Crippen molar-refractivity contribution >= 4 is 45.8 Å². The maximum Gasteiger partial charge on any atom is 0.233 e. The summed E-state index contributed by atoms with van der Waals surface area (Å²) < 4.78 is 1.35. The van der Waals surface area contributed by atoms with Crippen LogP contribution in [-0.4, -0.2) is 19.8 Å². The van der Waals surface area contributed by atoms with Crippen LogP contribution < -0.4 is 5.32 Å². The van der Waals surface area contributed by atoms with Crippen molar-refractivity contribution in [2.45, 2.75) is 49.9 Å². The summed E-state index contributed by atoms with van der Waals surface area (Å²) in [5.74, 6) is 1.01. The Hall–Kier alpha value is -1.26. The van der Waals surface area contributed by atoms with E-state index in [1.54, 1.807) is 6.92 Å². The molecule has 1 saturated carbocycles. The van der Waals surface area contributed by atoms with Crippen LogP contribution >= 0.6 is 23.2 Å². The number of nitrogens with one attached hydrogen (secondary N) is 1. The Morgan fingerprint density at radius 3 is 2.83 bits per heavy atom. The van der Waals surface area contributed by atoms with Gasteiger partial charge in [0.15, 0.2) is 0 Å². The number of rotatable bonds is 2. The number of hydrogen-bond acceptors (Lipinski definition) is 2. The van der Waals surface area contributed by atoms with Gasteiger partial charge in [-0.25, -0.2) is 4.98 Å². The average Bonchev–Trinajstić information content (AvgIpc) is 2.97. The summed E-state index contributed by atoms with van der Waals surface area (Å²) >= 11 is 12.2. The molecule has 0 saturated heterocycles. The Balaban J connectivity index is 1.61. The molecule has 1 aliphatic carbocycles. The maximum absolute atomic E-state index is 12.4. The summed E-state index contributed by atoms with van der Waals surface area (Å²) in [4.78, 5) is 17.1. The second-order valence-electron chi connectivity index (χ2n) is 6.86. The number of aromatic nitrogens is 2. The number of aryl methyl sites for hydroxylation is 2. The number of anilines is 1. The molecule has 0 radical (unpaired) electrons. The minimum Gasteiger partial charge on any atom is -0.328 e. The van der Waals surface area contributed by atoms with Crippen molar-refractivity contribution in [2.75, 3.05) is 5.32 Å². The summed E-state index contributed by atoms with van der Waals surface area (Å²) in [6, 6.07) is 5.90. The van der Waals surface area contributed by atoms with E-state index < -0.39 is 9.75 Å². The van der Waals surface area contributed by atoms with E-state index in [2.05, 4.69) is 9.88 Å². The predicted octanol–water partition coefficient (Wildman–Crippen LogP) is 4.29. The number of fused-ring (bicyclic) bond motifs is 3. The van der Waals surface area contributed by atoms with Gasteiger partial charge in [-0.1, -0.05) is 6.42 Å². The van der Waals surface area contributed by atoms with Gasteiger partial charge in [-0.2, -0.15) is 0 Å². The zero-order valence-electron chi connectivity index (χ0n) is 13.0. The molecule has 1 N–H and O–H groups in total. The van der Waals surface area contributed by atoms with E-state index in [0.717, 1.165) is 35.5 Å². The number of carbonyl (C=O) groups is 1. The molecule has 6 heteroatoms. The van der Waals surface area contributed by atoms with Gasteiger partial charge in [0, 0.05) is 18.7 Å². The van der Waals surface area contributed by atoms with Gasteiger partial charge in [-0.3, -0.25) is 4.79 Å². The number of imidazole rings is 1. The number of amides is 1. The van der Waals surface area contributed by atoms with Gasteiger partial charge in [-0.15, -0.1) is 23.2 Å². The standard InChI is InChI=1S/C17H19Cl2N3O/c1-16(10-17(16,18)19)15(23)20-11-6-7-13-12(9-11)21-14-5-3-2-4-8-22(13)14/h6-7,9H,2-5,8,10H2,1H3,(H,20,23)/t16-/m0/s1. The average molecular weight is 352 g/mol. The molecule has 2 aliphatic rings. The van der Waals surface area contributed by atoms with Gasteiger partial charge < -0.3 is 9.88 Å². The third-order valence-electron chi connectivity index (χ3n) is 5.13. The Morgan fingerprint density at radius 1 is 1.30 bits per heavy atom.